The van der Waals surface area contributed by atoms with E-state index in [-0.39, 0.29) is 35.7 Å². The van der Waals surface area contributed by atoms with Crippen molar-refractivity contribution in [2.45, 2.75) is 130 Å². The van der Waals surface area contributed by atoms with E-state index >= 15 is 0 Å². The number of hydrogen-bond donors (Lipinski definition) is 2. The molecule has 0 saturated carbocycles. The van der Waals surface area contributed by atoms with Gasteiger partial charge in [0.2, 0.25) is 0 Å². The molecule has 34 heavy (non-hydrogen) atoms. The lowest BCUT2D eigenvalue weighted by molar-refractivity contribution is -0.153. The van der Waals surface area contributed by atoms with Crippen LogP contribution >= 0.6 is 0 Å². The van der Waals surface area contributed by atoms with Crippen molar-refractivity contribution in [2.24, 2.45) is 0 Å². The quantitative estimate of drug-likeness (QED) is 0.324. The second-order valence-electron chi connectivity index (χ2n) is 11.0. The first-order valence-corrected chi connectivity index (χ1v) is 12.8. The standard InChI is InChI=1S/C28H48N2O4/c1-9-14-23(15-10-2)34-26(32)24(30-27(4,5)6)18-19-28(7,8)29-21(3)25(31)33-20-22-16-12-11-13-17-22/h11-13,16-17,21,23-24,29-30H,9-10,14-15,18-20H2,1-8H3/t21-,24-/m0/s1. The summed E-state index contributed by atoms with van der Waals surface area (Å²) in [5, 5.41) is 6.82. The van der Waals surface area contributed by atoms with E-state index in [9.17, 15) is 9.59 Å². The van der Waals surface area contributed by atoms with Crippen LogP contribution in [0.4, 0.5) is 0 Å². The minimum atomic E-state index is -0.460. The second kappa shape index (κ2) is 14.5. The van der Waals surface area contributed by atoms with Crippen LogP contribution in [0.15, 0.2) is 30.3 Å². The average Bonchev–Trinajstić information content (AvgIpc) is 2.75. The van der Waals surface area contributed by atoms with Crippen molar-refractivity contribution in [2.75, 3.05) is 0 Å². The number of carbonyl (C=O) groups is 2. The van der Waals surface area contributed by atoms with Crippen molar-refractivity contribution in [3.05, 3.63) is 35.9 Å². The maximum absolute atomic E-state index is 13.1. The monoisotopic (exact) mass is 476 g/mol. The summed E-state index contributed by atoms with van der Waals surface area (Å²) >= 11 is 0. The van der Waals surface area contributed by atoms with Crippen LogP contribution in [0.3, 0.4) is 0 Å². The fourth-order valence-electron chi connectivity index (χ4n) is 4.00. The molecule has 194 valence electrons. The summed E-state index contributed by atoms with van der Waals surface area (Å²) in [6.45, 7) is 16.5. The van der Waals surface area contributed by atoms with Crippen molar-refractivity contribution in [1.82, 2.24) is 10.6 Å². The number of ether oxygens (including phenoxy) is 2. The predicted octanol–water partition coefficient (Wildman–Crippen LogP) is 5.54. The zero-order valence-corrected chi connectivity index (χ0v) is 22.7. The van der Waals surface area contributed by atoms with Crippen molar-refractivity contribution in [3.63, 3.8) is 0 Å². The maximum Gasteiger partial charge on any atom is 0.323 e. The Hall–Kier alpha value is -1.92. The van der Waals surface area contributed by atoms with Crippen LogP contribution in [0, 0.1) is 0 Å². The normalized spacial score (nSPS) is 14.0. The Bertz CT molecular complexity index is 722. The molecule has 0 spiro atoms. The molecule has 0 heterocycles. The third-order valence-electron chi connectivity index (χ3n) is 5.64. The van der Waals surface area contributed by atoms with E-state index in [0.29, 0.717) is 12.8 Å². The van der Waals surface area contributed by atoms with Gasteiger partial charge in [0.05, 0.1) is 0 Å². The molecule has 2 N–H and O–H groups in total. The SMILES string of the molecule is CCCC(CCC)OC(=O)[C@H](CCC(C)(C)N[C@@H](C)C(=O)OCc1ccccc1)NC(C)(C)C. The molecule has 2 atom stereocenters. The molecule has 0 aliphatic carbocycles. The first-order valence-electron chi connectivity index (χ1n) is 12.8. The molecule has 0 amide bonds. The van der Waals surface area contributed by atoms with Gasteiger partial charge in [0, 0.05) is 11.1 Å². The van der Waals surface area contributed by atoms with E-state index in [1.54, 1.807) is 0 Å². The third kappa shape index (κ3) is 12.5. The molecule has 0 radical (unpaired) electrons. The van der Waals surface area contributed by atoms with Gasteiger partial charge in [-0.3, -0.25) is 20.2 Å². The Morgan fingerprint density at radius 3 is 2.00 bits per heavy atom. The van der Waals surface area contributed by atoms with Gasteiger partial charge in [-0.2, -0.15) is 0 Å². The predicted molar refractivity (Wildman–Crippen MR) is 139 cm³/mol. The minimum absolute atomic E-state index is 0.0303. The molecule has 1 aromatic carbocycles. The van der Waals surface area contributed by atoms with Gasteiger partial charge in [0.15, 0.2) is 0 Å². The summed E-state index contributed by atoms with van der Waals surface area (Å²) in [4.78, 5) is 25.6. The van der Waals surface area contributed by atoms with E-state index < -0.39 is 12.1 Å². The lowest BCUT2D eigenvalue weighted by atomic mass is 9.93. The highest BCUT2D eigenvalue weighted by molar-refractivity contribution is 5.76. The molecular formula is C28H48N2O4. The lowest BCUT2D eigenvalue weighted by Gasteiger charge is -2.33. The molecule has 1 aromatic rings. The van der Waals surface area contributed by atoms with Crippen molar-refractivity contribution in [1.29, 1.82) is 0 Å². The average molecular weight is 477 g/mol. The lowest BCUT2D eigenvalue weighted by Crippen LogP contribution is -2.52. The van der Waals surface area contributed by atoms with Gasteiger partial charge in [-0.15, -0.1) is 0 Å². The maximum atomic E-state index is 13.1. The number of esters is 2. The molecule has 0 aliphatic rings. The molecule has 0 bridgehead atoms. The summed E-state index contributed by atoms with van der Waals surface area (Å²) in [7, 11) is 0. The van der Waals surface area contributed by atoms with Crippen LogP contribution in [0.5, 0.6) is 0 Å². The van der Waals surface area contributed by atoms with Crippen LogP contribution in [-0.2, 0) is 25.7 Å². The number of rotatable bonds is 15. The van der Waals surface area contributed by atoms with Crippen LogP contribution in [-0.4, -0.2) is 41.2 Å². The first-order chi connectivity index (χ1) is 15.9. The zero-order valence-electron chi connectivity index (χ0n) is 22.7. The molecule has 0 aliphatic heterocycles. The molecule has 0 fully saturated rings. The summed E-state index contributed by atoms with van der Waals surface area (Å²) in [6.07, 6.45) is 5.02. The van der Waals surface area contributed by atoms with Gasteiger partial charge in [-0.1, -0.05) is 57.0 Å². The Morgan fingerprint density at radius 2 is 1.47 bits per heavy atom. The van der Waals surface area contributed by atoms with Crippen molar-refractivity contribution in [3.8, 4) is 0 Å². The fourth-order valence-corrected chi connectivity index (χ4v) is 4.00. The Balaban J connectivity index is 2.69. The van der Waals surface area contributed by atoms with Crippen molar-refractivity contribution < 1.29 is 19.1 Å². The number of carbonyl (C=O) groups excluding carboxylic acids is 2. The van der Waals surface area contributed by atoms with E-state index in [2.05, 4.69) is 45.3 Å². The van der Waals surface area contributed by atoms with E-state index in [0.717, 1.165) is 31.2 Å². The largest absolute Gasteiger partial charge is 0.461 e. The van der Waals surface area contributed by atoms with Gasteiger partial charge in [0.25, 0.3) is 0 Å². The molecule has 1 rings (SSSR count). The highest BCUT2D eigenvalue weighted by Gasteiger charge is 2.31. The highest BCUT2D eigenvalue weighted by atomic mass is 16.5. The number of hydrogen-bond acceptors (Lipinski definition) is 6. The molecule has 6 nitrogen and oxygen atoms in total. The molecule has 0 saturated heterocycles. The molecule has 6 heteroatoms. The minimum Gasteiger partial charge on any atom is -0.461 e. The van der Waals surface area contributed by atoms with Crippen LogP contribution in [0.1, 0.15) is 99.5 Å². The fraction of sp³-hybridized carbons (Fsp3) is 0.714. The molecular weight excluding hydrogens is 428 g/mol. The Morgan fingerprint density at radius 1 is 0.882 bits per heavy atom. The van der Waals surface area contributed by atoms with Crippen LogP contribution < -0.4 is 10.6 Å². The van der Waals surface area contributed by atoms with E-state index in [1.807, 2.05) is 51.1 Å². The van der Waals surface area contributed by atoms with Gasteiger partial charge in [-0.25, -0.2) is 0 Å². The highest BCUT2D eigenvalue weighted by Crippen LogP contribution is 2.19. The zero-order chi connectivity index (χ0) is 25.8. The second-order valence-corrected chi connectivity index (χ2v) is 11.0. The molecule has 0 aromatic heterocycles. The Labute approximate surface area is 207 Å². The Kier molecular flexibility index (Phi) is 12.8. The number of nitrogens with one attached hydrogen (secondary N) is 2. The van der Waals surface area contributed by atoms with Gasteiger partial charge in [-0.05, 0) is 72.8 Å². The van der Waals surface area contributed by atoms with Crippen LogP contribution in [0.2, 0.25) is 0 Å². The summed E-state index contributed by atoms with van der Waals surface area (Å²) in [5.74, 6) is -0.476. The van der Waals surface area contributed by atoms with E-state index in [4.69, 9.17) is 9.47 Å². The van der Waals surface area contributed by atoms with Gasteiger partial charge in [0.1, 0.15) is 24.8 Å². The number of benzene rings is 1. The molecule has 0 unspecified atom stereocenters. The first kappa shape index (κ1) is 30.1. The summed E-state index contributed by atoms with van der Waals surface area (Å²) in [6, 6.07) is 8.78. The summed E-state index contributed by atoms with van der Waals surface area (Å²) in [5.41, 5.74) is 0.373. The topological polar surface area (TPSA) is 76.7 Å². The summed E-state index contributed by atoms with van der Waals surface area (Å²) < 4.78 is 11.4. The smallest absolute Gasteiger partial charge is 0.323 e. The van der Waals surface area contributed by atoms with E-state index in [1.165, 1.54) is 0 Å². The van der Waals surface area contributed by atoms with Gasteiger partial charge < -0.3 is 9.47 Å². The van der Waals surface area contributed by atoms with Gasteiger partial charge >= 0.3 is 11.9 Å². The van der Waals surface area contributed by atoms with Crippen molar-refractivity contribution >= 4 is 11.9 Å². The van der Waals surface area contributed by atoms with Crippen LogP contribution in [0.25, 0.3) is 0 Å². The third-order valence-corrected chi connectivity index (χ3v) is 5.64.